The highest BCUT2D eigenvalue weighted by Crippen LogP contribution is 2.36. The first-order chi connectivity index (χ1) is 9.15. The van der Waals surface area contributed by atoms with Gasteiger partial charge in [0.2, 0.25) is 11.2 Å². The van der Waals surface area contributed by atoms with Gasteiger partial charge in [0.15, 0.2) is 5.82 Å². The molecule has 5 nitrogen and oxygen atoms in total. The van der Waals surface area contributed by atoms with Crippen molar-refractivity contribution < 1.29 is 4.79 Å². The SMILES string of the molecule is CC1CCCC1N1CCC(=O)Nc2cnc(Cl)nc21. The Bertz CT molecular complexity index is 507. The summed E-state index contributed by atoms with van der Waals surface area (Å²) < 4.78 is 0. The molecule has 1 aromatic rings. The molecule has 2 aliphatic rings. The molecule has 1 aliphatic heterocycles. The zero-order valence-electron chi connectivity index (χ0n) is 10.9. The van der Waals surface area contributed by atoms with Gasteiger partial charge in [-0.25, -0.2) is 4.98 Å². The summed E-state index contributed by atoms with van der Waals surface area (Å²) in [6, 6.07) is 0.442. The fourth-order valence-corrected chi connectivity index (χ4v) is 3.24. The van der Waals surface area contributed by atoms with E-state index in [2.05, 4.69) is 27.1 Å². The Balaban J connectivity index is 2.00. The van der Waals surface area contributed by atoms with Crippen LogP contribution >= 0.6 is 11.6 Å². The molecular formula is C13H17ClN4O. The number of fused-ring (bicyclic) bond motifs is 1. The molecule has 2 unspecified atom stereocenters. The van der Waals surface area contributed by atoms with E-state index in [1.807, 2.05) is 0 Å². The van der Waals surface area contributed by atoms with Gasteiger partial charge in [-0.1, -0.05) is 13.3 Å². The Labute approximate surface area is 117 Å². The molecule has 102 valence electrons. The lowest BCUT2D eigenvalue weighted by atomic mass is 10.0. The number of nitrogens with zero attached hydrogens (tertiary/aromatic N) is 3. The molecule has 0 radical (unpaired) electrons. The van der Waals surface area contributed by atoms with Crippen LogP contribution in [0.5, 0.6) is 0 Å². The average Bonchev–Trinajstić information content (AvgIpc) is 2.72. The second-order valence-corrected chi connectivity index (χ2v) is 5.68. The fraction of sp³-hybridized carbons (Fsp3) is 0.615. The summed E-state index contributed by atoms with van der Waals surface area (Å²) in [6.45, 7) is 2.96. The molecule has 0 bridgehead atoms. The fourth-order valence-electron chi connectivity index (χ4n) is 3.11. The lowest BCUT2D eigenvalue weighted by Crippen LogP contribution is -2.38. The number of carbonyl (C=O) groups excluding carboxylic acids is 1. The van der Waals surface area contributed by atoms with Gasteiger partial charge in [0, 0.05) is 19.0 Å². The normalized spacial score (nSPS) is 26.8. The van der Waals surface area contributed by atoms with E-state index in [4.69, 9.17) is 11.6 Å². The Morgan fingerprint density at radius 3 is 3.05 bits per heavy atom. The Morgan fingerprint density at radius 2 is 2.32 bits per heavy atom. The smallest absolute Gasteiger partial charge is 0.226 e. The van der Waals surface area contributed by atoms with E-state index in [9.17, 15) is 4.79 Å². The van der Waals surface area contributed by atoms with Gasteiger partial charge in [-0.15, -0.1) is 0 Å². The van der Waals surface area contributed by atoms with Crippen molar-refractivity contribution in [3.63, 3.8) is 0 Å². The third kappa shape index (κ3) is 2.39. The van der Waals surface area contributed by atoms with Crippen molar-refractivity contribution in [2.75, 3.05) is 16.8 Å². The van der Waals surface area contributed by atoms with Crippen LogP contribution in [-0.2, 0) is 4.79 Å². The highest BCUT2D eigenvalue weighted by atomic mass is 35.5. The minimum absolute atomic E-state index is 0.0142. The van der Waals surface area contributed by atoms with Crippen molar-refractivity contribution in [1.82, 2.24) is 9.97 Å². The second-order valence-electron chi connectivity index (χ2n) is 5.34. The van der Waals surface area contributed by atoms with Gasteiger partial charge in [0.05, 0.1) is 6.20 Å². The van der Waals surface area contributed by atoms with Gasteiger partial charge in [-0.3, -0.25) is 4.79 Å². The largest absolute Gasteiger partial charge is 0.351 e. The molecule has 1 saturated carbocycles. The predicted octanol–water partition coefficient (Wildman–Crippen LogP) is 2.47. The van der Waals surface area contributed by atoms with Crippen LogP contribution < -0.4 is 10.2 Å². The van der Waals surface area contributed by atoms with Crippen LogP contribution in [0.1, 0.15) is 32.6 Å². The second kappa shape index (κ2) is 4.96. The van der Waals surface area contributed by atoms with Gasteiger partial charge >= 0.3 is 0 Å². The molecule has 0 saturated heterocycles. The summed E-state index contributed by atoms with van der Waals surface area (Å²) in [7, 11) is 0. The summed E-state index contributed by atoms with van der Waals surface area (Å²) in [5, 5.41) is 3.08. The number of aromatic nitrogens is 2. The van der Waals surface area contributed by atoms with E-state index in [1.54, 1.807) is 6.20 Å². The van der Waals surface area contributed by atoms with Crippen LogP contribution in [0.4, 0.5) is 11.5 Å². The highest BCUT2D eigenvalue weighted by molar-refractivity contribution is 6.28. The molecular weight excluding hydrogens is 264 g/mol. The maximum atomic E-state index is 11.7. The van der Waals surface area contributed by atoms with E-state index in [1.165, 1.54) is 12.8 Å². The Kier molecular flexibility index (Phi) is 3.31. The summed E-state index contributed by atoms with van der Waals surface area (Å²) >= 11 is 5.91. The molecule has 19 heavy (non-hydrogen) atoms. The molecule has 0 aromatic carbocycles. The van der Waals surface area contributed by atoms with Gasteiger partial charge in [0.1, 0.15) is 5.69 Å². The van der Waals surface area contributed by atoms with Gasteiger partial charge < -0.3 is 10.2 Å². The van der Waals surface area contributed by atoms with Crippen LogP contribution in [-0.4, -0.2) is 28.5 Å². The zero-order chi connectivity index (χ0) is 13.4. The number of anilines is 2. The molecule has 1 fully saturated rings. The minimum atomic E-state index is 0.0142. The molecule has 2 atom stereocenters. The highest BCUT2D eigenvalue weighted by Gasteiger charge is 2.33. The first kappa shape index (κ1) is 12.7. The summed E-state index contributed by atoms with van der Waals surface area (Å²) in [5.74, 6) is 1.40. The molecule has 1 aliphatic carbocycles. The third-order valence-electron chi connectivity index (χ3n) is 4.08. The van der Waals surface area contributed by atoms with Crippen LogP contribution in [0.15, 0.2) is 6.20 Å². The van der Waals surface area contributed by atoms with Crippen molar-refractivity contribution in [2.24, 2.45) is 5.92 Å². The standard InChI is InChI=1S/C13H17ClN4O/c1-8-3-2-4-10(8)18-6-5-11(19)16-9-7-15-13(14)17-12(9)18/h7-8,10H,2-6H2,1H3,(H,16,19). The van der Waals surface area contributed by atoms with Crippen molar-refractivity contribution in [3.8, 4) is 0 Å². The Hall–Kier alpha value is -1.36. The average molecular weight is 281 g/mol. The van der Waals surface area contributed by atoms with Gasteiger partial charge in [0.25, 0.3) is 0 Å². The monoisotopic (exact) mass is 280 g/mol. The summed E-state index contributed by atoms with van der Waals surface area (Å²) in [4.78, 5) is 22.3. The van der Waals surface area contributed by atoms with E-state index < -0.39 is 0 Å². The predicted molar refractivity (Wildman–Crippen MR) is 74.4 cm³/mol. The number of halogens is 1. The first-order valence-corrected chi connectivity index (χ1v) is 7.12. The van der Waals surface area contributed by atoms with Crippen LogP contribution in [0.2, 0.25) is 5.28 Å². The molecule has 0 spiro atoms. The van der Waals surface area contributed by atoms with Crippen LogP contribution in [0.25, 0.3) is 0 Å². The summed E-state index contributed by atoms with van der Waals surface area (Å²) in [5.41, 5.74) is 0.672. The number of hydrogen-bond donors (Lipinski definition) is 1. The lowest BCUT2D eigenvalue weighted by molar-refractivity contribution is -0.116. The molecule has 1 N–H and O–H groups in total. The van der Waals surface area contributed by atoms with Gasteiger partial charge in [-0.05, 0) is 30.4 Å². The lowest BCUT2D eigenvalue weighted by Gasteiger charge is -2.32. The van der Waals surface area contributed by atoms with E-state index in [0.29, 0.717) is 30.6 Å². The molecule has 2 heterocycles. The van der Waals surface area contributed by atoms with Crippen LogP contribution in [0.3, 0.4) is 0 Å². The van der Waals surface area contributed by atoms with Crippen molar-refractivity contribution in [2.45, 2.75) is 38.6 Å². The number of hydrogen-bond acceptors (Lipinski definition) is 4. The summed E-state index contributed by atoms with van der Waals surface area (Å²) in [6.07, 6.45) is 5.70. The van der Waals surface area contributed by atoms with Crippen LogP contribution in [0, 0.1) is 5.92 Å². The maximum absolute atomic E-state index is 11.7. The molecule has 3 rings (SSSR count). The van der Waals surface area contributed by atoms with E-state index in [0.717, 1.165) is 12.2 Å². The minimum Gasteiger partial charge on any atom is -0.351 e. The zero-order valence-corrected chi connectivity index (χ0v) is 11.7. The van der Waals surface area contributed by atoms with E-state index >= 15 is 0 Å². The molecule has 1 amide bonds. The van der Waals surface area contributed by atoms with Crippen molar-refractivity contribution in [3.05, 3.63) is 11.5 Å². The Morgan fingerprint density at radius 1 is 1.47 bits per heavy atom. The van der Waals surface area contributed by atoms with Gasteiger partial charge in [-0.2, -0.15) is 4.98 Å². The van der Waals surface area contributed by atoms with Crippen molar-refractivity contribution in [1.29, 1.82) is 0 Å². The molecule has 6 heteroatoms. The number of rotatable bonds is 1. The quantitative estimate of drug-likeness (QED) is 0.803. The van der Waals surface area contributed by atoms with E-state index in [-0.39, 0.29) is 11.2 Å². The first-order valence-electron chi connectivity index (χ1n) is 6.74. The third-order valence-corrected chi connectivity index (χ3v) is 4.26. The number of carbonyl (C=O) groups is 1. The maximum Gasteiger partial charge on any atom is 0.226 e. The number of nitrogens with one attached hydrogen (secondary N) is 1. The molecule has 1 aromatic heterocycles. The number of amides is 1. The topological polar surface area (TPSA) is 58.1 Å². The van der Waals surface area contributed by atoms with Crippen molar-refractivity contribution >= 4 is 29.0 Å².